The molecule has 0 saturated heterocycles. The van der Waals surface area contributed by atoms with Gasteiger partial charge in [0.2, 0.25) is 0 Å². The smallest absolute Gasteiger partial charge is 0.0519 e. The second-order valence-electron chi connectivity index (χ2n) is 7.62. The van der Waals surface area contributed by atoms with Crippen LogP contribution in [0, 0.1) is 12.8 Å². The van der Waals surface area contributed by atoms with Gasteiger partial charge in [-0.05, 0) is 67.7 Å². The van der Waals surface area contributed by atoms with Crippen molar-refractivity contribution >= 4 is 23.0 Å². The standard InChI is InChI=1S/C22H30N4S/c1-16(2)14-26-15-19(10-13-24-27-25(4)5)21-7-6-20(17(3)22(21)26)18-8-11-23-12-9-18/h6-9,11-12,15-16,24H,10,13-14H2,1-5H3. The minimum Gasteiger partial charge on any atom is -0.347 e. The summed E-state index contributed by atoms with van der Waals surface area (Å²) in [5, 5.41) is 1.38. The monoisotopic (exact) mass is 382 g/mol. The van der Waals surface area contributed by atoms with Gasteiger partial charge in [-0.15, -0.1) is 0 Å². The number of rotatable bonds is 8. The number of nitrogens with one attached hydrogen (secondary N) is 1. The van der Waals surface area contributed by atoms with E-state index in [0.29, 0.717) is 5.92 Å². The molecule has 0 unspecified atom stereocenters. The summed E-state index contributed by atoms with van der Waals surface area (Å²) >= 11 is 1.65. The van der Waals surface area contributed by atoms with Crippen molar-refractivity contribution in [2.45, 2.75) is 33.7 Å². The van der Waals surface area contributed by atoms with Crippen LogP contribution < -0.4 is 4.72 Å². The molecule has 0 aliphatic carbocycles. The molecule has 3 rings (SSSR count). The van der Waals surface area contributed by atoms with E-state index >= 15 is 0 Å². The van der Waals surface area contributed by atoms with Gasteiger partial charge in [-0.25, -0.2) is 4.31 Å². The lowest BCUT2D eigenvalue weighted by atomic mass is 9.98. The molecule has 3 aromatic rings. The van der Waals surface area contributed by atoms with Crippen molar-refractivity contribution in [2.24, 2.45) is 5.92 Å². The summed E-state index contributed by atoms with van der Waals surface area (Å²) in [7, 11) is 4.10. The minimum atomic E-state index is 0.611. The van der Waals surface area contributed by atoms with Gasteiger partial charge < -0.3 is 4.57 Å². The number of nitrogens with zero attached hydrogens (tertiary/aromatic N) is 3. The number of fused-ring (bicyclic) bond motifs is 1. The summed E-state index contributed by atoms with van der Waals surface area (Å²) in [5.41, 5.74) is 6.66. The third-order valence-electron chi connectivity index (χ3n) is 4.67. The maximum atomic E-state index is 4.16. The van der Waals surface area contributed by atoms with Crippen LogP contribution in [0.25, 0.3) is 22.0 Å². The van der Waals surface area contributed by atoms with Crippen LogP contribution in [0.5, 0.6) is 0 Å². The van der Waals surface area contributed by atoms with Crippen LogP contribution in [0.2, 0.25) is 0 Å². The van der Waals surface area contributed by atoms with Crippen LogP contribution in [-0.2, 0) is 13.0 Å². The van der Waals surface area contributed by atoms with Gasteiger partial charge in [0.05, 0.1) is 5.52 Å². The van der Waals surface area contributed by atoms with Crippen molar-refractivity contribution in [1.29, 1.82) is 0 Å². The van der Waals surface area contributed by atoms with E-state index in [0.717, 1.165) is 19.5 Å². The first-order valence-corrected chi connectivity index (χ1v) is 10.3. The molecule has 0 bridgehead atoms. The Morgan fingerprint density at radius 2 is 1.89 bits per heavy atom. The highest BCUT2D eigenvalue weighted by Crippen LogP contribution is 2.33. The molecular weight excluding hydrogens is 352 g/mol. The van der Waals surface area contributed by atoms with Crippen molar-refractivity contribution in [1.82, 2.24) is 18.6 Å². The maximum absolute atomic E-state index is 4.16. The van der Waals surface area contributed by atoms with Gasteiger partial charge in [-0.3, -0.25) is 9.71 Å². The molecule has 0 fully saturated rings. The van der Waals surface area contributed by atoms with Gasteiger partial charge in [0, 0.05) is 49.2 Å². The molecule has 2 heterocycles. The molecule has 5 heteroatoms. The number of hydrogen-bond donors (Lipinski definition) is 1. The van der Waals surface area contributed by atoms with Crippen molar-refractivity contribution in [3.63, 3.8) is 0 Å². The lowest BCUT2D eigenvalue weighted by molar-refractivity contribution is 0.534. The SMILES string of the molecule is Cc1c(-c2ccncc2)ccc2c(CCNSN(C)C)cn(CC(C)C)c12. The molecule has 1 N–H and O–H groups in total. The number of pyridine rings is 1. The summed E-state index contributed by atoms with van der Waals surface area (Å²) in [6, 6.07) is 8.74. The highest BCUT2D eigenvalue weighted by Gasteiger charge is 2.15. The topological polar surface area (TPSA) is 33.1 Å². The Hall–Kier alpha value is -1.82. The Morgan fingerprint density at radius 1 is 1.15 bits per heavy atom. The quantitative estimate of drug-likeness (QED) is 0.443. The van der Waals surface area contributed by atoms with Crippen LogP contribution in [0.3, 0.4) is 0 Å². The zero-order valence-corrected chi connectivity index (χ0v) is 17.8. The Morgan fingerprint density at radius 3 is 2.56 bits per heavy atom. The predicted octanol–water partition coefficient (Wildman–Crippen LogP) is 4.92. The lowest BCUT2D eigenvalue weighted by Crippen LogP contribution is -2.15. The predicted molar refractivity (Wildman–Crippen MR) is 118 cm³/mol. The van der Waals surface area contributed by atoms with Crippen LogP contribution >= 0.6 is 12.1 Å². The van der Waals surface area contributed by atoms with Gasteiger partial charge in [0.25, 0.3) is 0 Å². The number of hydrogen-bond acceptors (Lipinski definition) is 4. The first-order chi connectivity index (χ1) is 13.0. The third kappa shape index (κ3) is 4.72. The molecule has 0 saturated carbocycles. The maximum Gasteiger partial charge on any atom is 0.0519 e. The van der Waals surface area contributed by atoms with E-state index in [9.17, 15) is 0 Å². The van der Waals surface area contributed by atoms with Crippen LogP contribution in [0.15, 0.2) is 42.9 Å². The fourth-order valence-electron chi connectivity index (χ4n) is 3.59. The molecular formula is C22H30N4S. The van der Waals surface area contributed by atoms with E-state index in [1.807, 2.05) is 12.4 Å². The van der Waals surface area contributed by atoms with E-state index in [-0.39, 0.29) is 0 Å². The first-order valence-electron chi connectivity index (χ1n) is 9.56. The zero-order chi connectivity index (χ0) is 19.4. The fourth-order valence-corrected chi connectivity index (χ4v) is 4.04. The first kappa shape index (κ1) is 19.9. The molecule has 0 aliphatic rings. The van der Waals surface area contributed by atoms with Gasteiger partial charge in [-0.2, -0.15) is 0 Å². The molecule has 0 atom stereocenters. The average Bonchev–Trinajstić information content (AvgIpc) is 2.97. The number of aryl methyl sites for hydroxylation is 1. The Balaban J connectivity index is 1.99. The highest BCUT2D eigenvalue weighted by atomic mass is 32.2. The number of aromatic nitrogens is 2. The highest BCUT2D eigenvalue weighted by molar-refractivity contribution is 7.95. The van der Waals surface area contributed by atoms with Crippen molar-refractivity contribution in [3.05, 3.63) is 54.0 Å². The molecule has 0 radical (unpaired) electrons. The molecule has 0 aliphatic heterocycles. The van der Waals surface area contributed by atoms with Gasteiger partial charge in [0.1, 0.15) is 0 Å². The van der Waals surface area contributed by atoms with Crippen molar-refractivity contribution in [2.75, 3.05) is 20.6 Å². The molecule has 4 nitrogen and oxygen atoms in total. The van der Waals surface area contributed by atoms with E-state index in [4.69, 9.17) is 0 Å². The van der Waals surface area contributed by atoms with Crippen LogP contribution in [0.4, 0.5) is 0 Å². The normalized spacial score (nSPS) is 11.8. The minimum absolute atomic E-state index is 0.611. The molecule has 144 valence electrons. The zero-order valence-electron chi connectivity index (χ0n) is 17.0. The summed E-state index contributed by atoms with van der Waals surface area (Å²) in [4.78, 5) is 4.16. The van der Waals surface area contributed by atoms with Crippen molar-refractivity contribution in [3.8, 4) is 11.1 Å². The largest absolute Gasteiger partial charge is 0.347 e. The second-order valence-corrected chi connectivity index (χ2v) is 8.82. The van der Waals surface area contributed by atoms with E-state index in [2.05, 4.69) is 83.9 Å². The summed E-state index contributed by atoms with van der Waals surface area (Å²) in [5.74, 6) is 0.611. The van der Waals surface area contributed by atoms with E-state index in [1.54, 1.807) is 12.1 Å². The van der Waals surface area contributed by atoms with Gasteiger partial charge in [-0.1, -0.05) is 26.0 Å². The van der Waals surface area contributed by atoms with Crippen molar-refractivity contribution < 1.29 is 0 Å². The molecule has 27 heavy (non-hydrogen) atoms. The molecule has 0 spiro atoms. The van der Waals surface area contributed by atoms with E-state index in [1.165, 1.54) is 33.2 Å². The lowest BCUT2D eigenvalue weighted by Gasteiger charge is -2.13. The van der Waals surface area contributed by atoms with Gasteiger partial charge >= 0.3 is 0 Å². The molecule has 1 aromatic carbocycles. The van der Waals surface area contributed by atoms with Crippen LogP contribution in [0.1, 0.15) is 25.0 Å². The summed E-state index contributed by atoms with van der Waals surface area (Å²) in [6.45, 7) is 8.80. The fraction of sp³-hybridized carbons (Fsp3) is 0.409. The third-order valence-corrected chi connectivity index (χ3v) is 5.37. The molecule has 0 amide bonds. The number of benzene rings is 1. The summed E-state index contributed by atoms with van der Waals surface area (Å²) in [6.07, 6.45) is 7.11. The van der Waals surface area contributed by atoms with E-state index < -0.39 is 0 Å². The average molecular weight is 383 g/mol. The van der Waals surface area contributed by atoms with Crippen LogP contribution in [-0.4, -0.2) is 34.5 Å². The Bertz CT molecular complexity index is 884. The Kier molecular flexibility index (Phi) is 6.58. The second kappa shape index (κ2) is 8.91. The molecule has 2 aromatic heterocycles. The summed E-state index contributed by atoms with van der Waals surface area (Å²) < 4.78 is 7.96. The Labute approximate surface area is 167 Å². The van der Waals surface area contributed by atoms with Gasteiger partial charge in [0.15, 0.2) is 0 Å².